The number of sulfonamides is 1. The average molecular weight is 574 g/mol. The summed E-state index contributed by atoms with van der Waals surface area (Å²) in [7, 11) is -3.81. The lowest BCUT2D eigenvalue weighted by molar-refractivity contribution is 0.0948. The van der Waals surface area contributed by atoms with Crippen LogP contribution in [0.3, 0.4) is 0 Å². The largest absolute Gasteiger partial charge is 0.351 e. The van der Waals surface area contributed by atoms with Crippen molar-refractivity contribution in [3.05, 3.63) is 83.1 Å². The van der Waals surface area contributed by atoms with Crippen LogP contribution in [-0.2, 0) is 10.0 Å². The highest BCUT2D eigenvalue weighted by molar-refractivity contribution is 7.92. The van der Waals surface area contributed by atoms with Gasteiger partial charge in [0, 0.05) is 55.5 Å². The summed E-state index contributed by atoms with van der Waals surface area (Å²) in [6.45, 7) is 4.27. The van der Waals surface area contributed by atoms with Crippen molar-refractivity contribution in [1.29, 1.82) is 0 Å². The minimum absolute atomic E-state index is 0.0761. The number of carbonyl (C=O) groups excluding carboxylic acids is 1. The third-order valence-electron chi connectivity index (χ3n) is 6.22. The highest BCUT2D eigenvalue weighted by Gasteiger charge is 2.21. The lowest BCUT2D eigenvalue weighted by atomic mass is 10.2. The summed E-state index contributed by atoms with van der Waals surface area (Å²) in [5.74, 6) is -0.587. The molecule has 4 aromatic rings. The molecular formula is C26H25ClFN5O3S2. The number of nitrogens with zero attached hydrogens (tertiary/aromatic N) is 3. The number of amides is 1. The first-order valence-corrected chi connectivity index (χ1v) is 14.7. The van der Waals surface area contributed by atoms with Gasteiger partial charge < -0.3 is 10.2 Å². The van der Waals surface area contributed by atoms with Crippen molar-refractivity contribution in [3.63, 3.8) is 0 Å². The Morgan fingerprint density at radius 1 is 1.03 bits per heavy atom. The van der Waals surface area contributed by atoms with Gasteiger partial charge in [-0.2, -0.15) is 0 Å². The summed E-state index contributed by atoms with van der Waals surface area (Å²) in [5, 5.41) is 4.17. The topological polar surface area (TPSA) is 94.6 Å². The number of benzene rings is 3. The fraction of sp³-hybridized carbons (Fsp3) is 0.231. The van der Waals surface area contributed by atoms with Crippen LogP contribution in [0.15, 0.2) is 71.6 Å². The van der Waals surface area contributed by atoms with E-state index in [0.29, 0.717) is 34.9 Å². The number of fused-ring (bicyclic) bond motifs is 1. The van der Waals surface area contributed by atoms with Crippen molar-refractivity contribution in [3.8, 4) is 0 Å². The number of anilines is 2. The molecule has 1 aliphatic rings. The van der Waals surface area contributed by atoms with Crippen molar-refractivity contribution in [2.75, 3.05) is 48.9 Å². The maximum atomic E-state index is 14.0. The van der Waals surface area contributed by atoms with Crippen molar-refractivity contribution in [2.24, 2.45) is 0 Å². The lowest BCUT2D eigenvalue weighted by Gasteiger charge is -2.34. The molecule has 0 unspecified atom stereocenters. The van der Waals surface area contributed by atoms with Gasteiger partial charge in [-0.25, -0.2) is 17.8 Å². The first-order chi connectivity index (χ1) is 18.3. The molecule has 1 saturated heterocycles. The Kier molecular flexibility index (Phi) is 7.80. The molecule has 8 nitrogen and oxygen atoms in total. The summed E-state index contributed by atoms with van der Waals surface area (Å²) in [5.41, 5.74) is 1.06. The lowest BCUT2D eigenvalue weighted by Crippen LogP contribution is -2.48. The number of rotatable bonds is 8. The summed E-state index contributed by atoms with van der Waals surface area (Å²) in [4.78, 5) is 21.7. The third kappa shape index (κ3) is 6.07. The summed E-state index contributed by atoms with van der Waals surface area (Å²) in [6.07, 6.45) is 0. The number of aromatic nitrogens is 1. The molecule has 0 aliphatic carbocycles. The van der Waals surface area contributed by atoms with E-state index in [0.717, 1.165) is 36.0 Å². The molecule has 1 aromatic heterocycles. The molecule has 198 valence electrons. The van der Waals surface area contributed by atoms with E-state index in [-0.39, 0.29) is 16.6 Å². The molecule has 0 atom stereocenters. The Hall–Kier alpha value is -3.25. The molecule has 12 heteroatoms. The van der Waals surface area contributed by atoms with Crippen LogP contribution in [0.5, 0.6) is 0 Å². The number of halogens is 2. The summed E-state index contributed by atoms with van der Waals surface area (Å²) in [6, 6.07) is 17.2. The van der Waals surface area contributed by atoms with Crippen LogP contribution in [0.2, 0.25) is 5.02 Å². The molecule has 2 N–H and O–H groups in total. The van der Waals surface area contributed by atoms with Crippen molar-refractivity contribution in [2.45, 2.75) is 4.90 Å². The second-order valence-corrected chi connectivity index (χ2v) is 11.9. The number of piperazine rings is 1. The van der Waals surface area contributed by atoms with Gasteiger partial charge in [0.25, 0.3) is 15.9 Å². The van der Waals surface area contributed by atoms with Crippen LogP contribution in [0.1, 0.15) is 10.4 Å². The van der Waals surface area contributed by atoms with Crippen LogP contribution in [0.25, 0.3) is 10.2 Å². The molecule has 0 radical (unpaired) electrons. The molecule has 38 heavy (non-hydrogen) atoms. The van der Waals surface area contributed by atoms with E-state index >= 15 is 0 Å². The van der Waals surface area contributed by atoms with Crippen molar-refractivity contribution >= 4 is 59.9 Å². The minimum Gasteiger partial charge on any atom is -0.351 e. The number of hydrogen-bond acceptors (Lipinski definition) is 7. The monoisotopic (exact) mass is 573 g/mol. The SMILES string of the molecule is O=C(NCCN1CCN(c2nc3c(F)cccc3s2)CC1)c1cccc(NS(=O)(=O)c2ccc(Cl)cc2)c1. The van der Waals surface area contributed by atoms with Gasteiger partial charge in [-0.15, -0.1) is 0 Å². The number of thiazole rings is 1. The normalized spacial score (nSPS) is 14.5. The molecule has 1 fully saturated rings. The molecule has 2 heterocycles. The third-order valence-corrected chi connectivity index (χ3v) is 8.95. The van der Waals surface area contributed by atoms with E-state index in [9.17, 15) is 17.6 Å². The molecule has 0 spiro atoms. The number of hydrogen-bond donors (Lipinski definition) is 2. The second-order valence-electron chi connectivity index (χ2n) is 8.81. The van der Waals surface area contributed by atoms with Crippen LogP contribution in [0, 0.1) is 5.82 Å². The molecule has 0 bridgehead atoms. The fourth-order valence-corrected chi connectivity index (χ4v) is 6.39. The zero-order chi connectivity index (χ0) is 26.7. The maximum Gasteiger partial charge on any atom is 0.261 e. The van der Waals surface area contributed by atoms with E-state index in [4.69, 9.17) is 11.6 Å². The van der Waals surface area contributed by atoms with Gasteiger partial charge in [-0.05, 0) is 54.6 Å². The second kappa shape index (κ2) is 11.2. The van der Waals surface area contributed by atoms with Crippen LogP contribution in [0.4, 0.5) is 15.2 Å². The maximum absolute atomic E-state index is 14.0. The van der Waals surface area contributed by atoms with E-state index in [1.165, 1.54) is 47.7 Å². The van der Waals surface area contributed by atoms with Crippen LogP contribution < -0.4 is 14.9 Å². The fourth-order valence-electron chi connectivity index (χ4n) is 4.18. The molecule has 1 aliphatic heterocycles. The standard InChI is InChI=1S/C26H25ClFN5O3S2/c27-19-7-9-21(10-8-19)38(35,36)31-20-4-1-3-18(17-20)25(34)29-11-12-32-13-15-33(16-14-32)26-30-24-22(28)5-2-6-23(24)37-26/h1-10,17,31H,11-16H2,(H,29,34). The Labute approximate surface area is 229 Å². The molecular weight excluding hydrogens is 549 g/mol. The Balaban J connectivity index is 1.11. The Morgan fingerprint density at radius 3 is 2.50 bits per heavy atom. The van der Waals surface area contributed by atoms with Gasteiger partial charge in [-0.3, -0.25) is 14.4 Å². The number of nitrogens with one attached hydrogen (secondary N) is 2. The summed E-state index contributed by atoms with van der Waals surface area (Å²) < 4.78 is 42.6. The zero-order valence-electron chi connectivity index (χ0n) is 20.2. The predicted molar refractivity (Wildman–Crippen MR) is 149 cm³/mol. The smallest absolute Gasteiger partial charge is 0.261 e. The first kappa shape index (κ1) is 26.4. The minimum atomic E-state index is -3.81. The number of para-hydroxylation sites is 1. The zero-order valence-corrected chi connectivity index (χ0v) is 22.6. The Morgan fingerprint density at radius 2 is 1.76 bits per heavy atom. The highest BCUT2D eigenvalue weighted by atomic mass is 35.5. The van der Waals surface area contributed by atoms with Gasteiger partial charge in [0.05, 0.1) is 9.60 Å². The Bertz CT molecular complexity index is 1550. The van der Waals surface area contributed by atoms with Gasteiger partial charge in [0.2, 0.25) is 0 Å². The average Bonchev–Trinajstić information content (AvgIpc) is 3.35. The molecule has 5 rings (SSSR count). The quantitative estimate of drug-likeness (QED) is 0.324. The predicted octanol–water partition coefficient (Wildman–Crippen LogP) is 4.44. The first-order valence-electron chi connectivity index (χ1n) is 12.0. The van der Waals surface area contributed by atoms with E-state index in [1.807, 2.05) is 6.07 Å². The summed E-state index contributed by atoms with van der Waals surface area (Å²) >= 11 is 7.33. The van der Waals surface area contributed by atoms with Crippen molar-refractivity contribution in [1.82, 2.24) is 15.2 Å². The highest BCUT2D eigenvalue weighted by Crippen LogP contribution is 2.30. The number of carbonyl (C=O) groups is 1. The van der Waals surface area contributed by atoms with E-state index in [2.05, 4.69) is 24.8 Å². The van der Waals surface area contributed by atoms with Gasteiger partial charge >= 0.3 is 0 Å². The van der Waals surface area contributed by atoms with Crippen LogP contribution >= 0.6 is 22.9 Å². The van der Waals surface area contributed by atoms with E-state index < -0.39 is 10.0 Å². The van der Waals surface area contributed by atoms with Gasteiger partial charge in [0.15, 0.2) is 5.13 Å². The molecule has 1 amide bonds. The van der Waals surface area contributed by atoms with Crippen molar-refractivity contribution < 1.29 is 17.6 Å². The van der Waals surface area contributed by atoms with E-state index in [1.54, 1.807) is 24.3 Å². The van der Waals surface area contributed by atoms with Gasteiger partial charge in [-0.1, -0.05) is 35.1 Å². The van der Waals surface area contributed by atoms with Crippen LogP contribution in [-0.4, -0.2) is 63.5 Å². The molecule has 3 aromatic carbocycles. The molecule has 0 saturated carbocycles. The van der Waals surface area contributed by atoms with Gasteiger partial charge in [0.1, 0.15) is 11.3 Å².